The average Bonchev–Trinajstić information content (AvgIpc) is 3.05. The normalized spacial score (nSPS) is 28.6. The number of hydrogen-bond acceptors (Lipinski definition) is 7. The summed E-state index contributed by atoms with van der Waals surface area (Å²) in [5.41, 5.74) is 2.60. The Morgan fingerprint density at radius 2 is 1.88 bits per heavy atom. The molecule has 1 aromatic carbocycles. The minimum Gasteiger partial charge on any atom is -0.504 e. The summed E-state index contributed by atoms with van der Waals surface area (Å²) in [6.07, 6.45) is 7.23. The van der Waals surface area contributed by atoms with Gasteiger partial charge in [-0.2, -0.15) is 5.06 Å². The van der Waals surface area contributed by atoms with Crippen LogP contribution in [0.2, 0.25) is 0 Å². The van der Waals surface area contributed by atoms with E-state index in [1.807, 2.05) is 6.08 Å². The lowest BCUT2D eigenvalue weighted by Crippen LogP contribution is -2.39. The fourth-order valence-electron chi connectivity index (χ4n) is 5.65. The maximum atomic E-state index is 13.1. The largest absolute Gasteiger partial charge is 0.504 e. The first kappa shape index (κ1) is 22.0. The van der Waals surface area contributed by atoms with Crippen molar-refractivity contribution in [1.29, 1.82) is 0 Å². The molecule has 0 bridgehead atoms. The number of phenols is 1. The number of hydrogen-bond donors (Lipinski definition) is 2. The number of phenolic OH excluding ortho intramolecular Hbond substituents is 1. The van der Waals surface area contributed by atoms with Crippen LogP contribution in [0.15, 0.2) is 58.7 Å². The molecule has 4 aliphatic rings. The van der Waals surface area contributed by atoms with Crippen molar-refractivity contribution < 1.29 is 34.2 Å². The summed E-state index contributed by atoms with van der Waals surface area (Å²) in [6, 6.07) is 4.83. The summed E-state index contributed by atoms with van der Waals surface area (Å²) in [7, 11) is 1.44. The van der Waals surface area contributed by atoms with Crippen LogP contribution in [-0.4, -0.2) is 45.9 Å². The molecule has 8 nitrogen and oxygen atoms in total. The van der Waals surface area contributed by atoms with Crippen molar-refractivity contribution in [1.82, 2.24) is 5.06 Å². The quantitative estimate of drug-likeness (QED) is 0.307. The monoisotopic (exact) mass is 461 g/mol. The minimum absolute atomic E-state index is 0.00459. The van der Waals surface area contributed by atoms with Crippen LogP contribution in [0.25, 0.3) is 6.08 Å². The molecule has 1 aliphatic heterocycles. The van der Waals surface area contributed by atoms with Gasteiger partial charge < -0.3 is 9.84 Å². The number of nitrogens with zero attached hydrogens (tertiary/aromatic N) is 1. The summed E-state index contributed by atoms with van der Waals surface area (Å²) in [5, 5.41) is 20.0. The second kappa shape index (κ2) is 7.92. The van der Waals surface area contributed by atoms with Crippen LogP contribution in [0.5, 0.6) is 11.5 Å². The van der Waals surface area contributed by atoms with Crippen LogP contribution in [-0.2, 0) is 19.2 Å². The maximum Gasteiger partial charge on any atom is 0.257 e. The summed E-state index contributed by atoms with van der Waals surface area (Å²) < 4.78 is 5.16. The van der Waals surface area contributed by atoms with Crippen molar-refractivity contribution in [2.24, 2.45) is 23.7 Å². The van der Waals surface area contributed by atoms with E-state index in [2.05, 4.69) is 0 Å². The van der Waals surface area contributed by atoms with Crippen molar-refractivity contribution in [3.63, 3.8) is 0 Å². The molecule has 1 fully saturated rings. The SMILES string of the molecule is COc1cc(C=C[C@H]2C3=CC[C@@H]4C(=O)N(O)C(=O)[C@@H]4[C@@H]3CC3=C2C(=O)C=C(C)C3=O)ccc1O. The van der Waals surface area contributed by atoms with Gasteiger partial charge in [0.2, 0.25) is 0 Å². The van der Waals surface area contributed by atoms with Crippen LogP contribution in [0, 0.1) is 23.7 Å². The van der Waals surface area contributed by atoms with Crippen molar-refractivity contribution in [2.45, 2.75) is 19.8 Å². The van der Waals surface area contributed by atoms with Crippen LogP contribution in [0.3, 0.4) is 0 Å². The van der Waals surface area contributed by atoms with Gasteiger partial charge in [0.25, 0.3) is 11.8 Å². The molecule has 0 unspecified atom stereocenters. The molecular formula is C26H23NO7. The van der Waals surface area contributed by atoms with E-state index in [0.29, 0.717) is 28.0 Å². The lowest BCUT2D eigenvalue weighted by Gasteiger charge is -2.41. The Morgan fingerprint density at radius 1 is 1.12 bits per heavy atom. The molecule has 0 saturated carbocycles. The Bertz CT molecular complexity index is 1280. The lowest BCUT2D eigenvalue weighted by atomic mass is 9.60. The number of methoxy groups -OCH3 is 1. The molecule has 1 heterocycles. The number of ether oxygens (including phenoxy) is 1. The number of carbonyl (C=O) groups is 4. The van der Waals surface area contributed by atoms with Gasteiger partial charge in [0, 0.05) is 22.6 Å². The fourth-order valence-corrected chi connectivity index (χ4v) is 5.65. The van der Waals surface area contributed by atoms with Crippen LogP contribution in [0.1, 0.15) is 25.3 Å². The molecule has 1 aromatic rings. The molecule has 1 saturated heterocycles. The molecule has 0 radical (unpaired) electrons. The minimum atomic E-state index is -0.773. The highest BCUT2D eigenvalue weighted by molar-refractivity contribution is 6.23. The molecule has 0 aromatic heterocycles. The summed E-state index contributed by atoms with van der Waals surface area (Å²) in [5.74, 6) is -3.97. The number of hydroxylamine groups is 2. The standard InChI is InChI=1S/C26H23NO7/c1-12-9-20(29)22-15(5-3-13-4-8-19(28)21(10-13)34-2)14-6-7-16-23(26(32)27(33)25(16)31)17(14)11-18(22)24(12)30/h3-6,8-10,15-17,23,28,33H,7,11H2,1-2H3/t15-,16-,17+,23-/m0/s1. The Morgan fingerprint density at radius 3 is 2.62 bits per heavy atom. The third-order valence-electron chi connectivity index (χ3n) is 7.27. The van der Waals surface area contributed by atoms with Gasteiger partial charge in [-0.25, -0.2) is 0 Å². The van der Waals surface area contributed by atoms with E-state index >= 15 is 0 Å². The molecule has 5 rings (SSSR count). The van der Waals surface area contributed by atoms with Gasteiger partial charge in [-0.05, 0) is 49.5 Å². The van der Waals surface area contributed by atoms with E-state index in [1.165, 1.54) is 19.3 Å². The highest BCUT2D eigenvalue weighted by Gasteiger charge is 2.55. The van der Waals surface area contributed by atoms with Crippen LogP contribution >= 0.6 is 0 Å². The van der Waals surface area contributed by atoms with Gasteiger partial charge in [0.15, 0.2) is 23.1 Å². The second-order valence-electron chi connectivity index (χ2n) is 9.05. The molecule has 0 spiro atoms. The molecule has 34 heavy (non-hydrogen) atoms. The Kier molecular flexibility index (Phi) is 5.13. The zero-order valence-corrected chi connectivity index (χ0v) is 18.6. The van der Waals surface area contributed by atoms with E-state index in [0.717, 1.165) is 5.57 Å². The predicted molar refractivity (Wildman–Crippen MR) is 119 cm³/mol. The van der Waals surface area contributed by atoms with Gasteiger partial charge in [-0.3, -0.25) is 24.4 Å². The van der Waals surface area contributed by atoms with Gasteiger partial charge in [0.05, 0.1) is 18.9 Å². The number of rotatable bonds is 3. The van der Waals surface area contributed by atoms with Gasteiger partial charge in [0.1, 0.15) is 0 Å². The number of carbonyl (C=O) groups excluding carboxylic acids is 4. The summed E-state index contributed by atoms with van der Waals surface area (Å²) in [6.45, 7) is 1.59. The van der Waals surface area contributed by atoms with E-state index in [1.54, 1.807) is 31.2 Å². The van der Waals surface area contributed by atoms with E-state index in [-0.39, 0.29) is 35.2 Å². The average molecular weight is 461 g/mol. The number of fused-ring (bicyclic) bond motifs is 3. The number of allylic oxidation sites excluding steroid dienone is 7. The first-order chi connectivity index (χ1) is 16.2. The number of amides is 2. The fraction of sp³-hybridized carbons (Fsp3) is 0.308. The Hall–Kier alpha value is -3.78. The van der Waals surface area contributed by atoms with Gasteiger partial charge in [-0.1, -0.05) is 29.9 Å². The molecule has 2 N–H and O–H groups in total. The molecule has 8 heteroatoms. The number of ketones is 2. The topological polar surface area (TPSA) is 121 Å². The Labute approximate surface area is 195 Å². The zero-order valence-electron chi connectivity index (χ0n) is 18.6. The van der Waals surface area contributed by atoms with Crippen LogP contribution < -0.4 is 4.74 Å². The van der Waals surface area contributed by atoms with Crippen molar-refractivity contribution in [3.8, 4) is 11.5 Å². The first-order valence-corrected chi connectivity index (χ1v) is 11.0. The third-order valence-corrected chi connectivity index (χ3v) is 7.27. The zero-order chi connectivity index (χ0) is 24.3. The van der Waals surface area contributed by atoms with Crippen molar-refractivity contribution in [2.75, 3.05) is 7.11 Å². The van der Waals surface area contributed by atoms with Gasteiger partial charge in [-0.15, -0.1) is 0 Å². The summed E-state index contributed by atoms with van der Waals surface area (Å²) >= 11 is 0. The molecular weight excluding hydrogens is 438 g/mol. The van der Waals surface area contributed by atoms with E-state index in [9.17, 15) is 29.5 Å². The molecule has 3 aliphatic carbocycles. The van der Waals surface area contributed by atoms with Crippen molar-refractivity contribution >= 4 is 29.5 Å². The van der Waals surface area contributed by atoms with Crippen molar-refractivity contribution in [3.05, 3.63) is 64.3 Å². The number of aromatic hydroxyl groups is 1. The second-order valence-corrected chi connectivity index (χ2v) is 9.05. The Balaban J connectivity index is 1.61. The smallest absolute Gasteiger partial charge is 0.257 e. The van der Waals surface area contributed by atoms with E-state index < -0.39 is 35.5 Å². The highest BCUT2D eigenvalue weighted by Crippen LogP contribution is 2.52. The first-order valence-electron chi connectivity index (χ1n) is 11.0. The number of imide groups is 1. The molecule has 2 amide bonds. The third kappa shape index (κ3) is 3.17. The van der Waals surface area contributed by atoms with Gasteiger partial charge >= 0.3 is 0 Å². The highest BCUT2D eigenvalue weighted by atomic mass is 16.5. The molecule has 174 valence electrons. The predicted octanol–water partition coefficient (Wildman–Crippen LogP) is 2.77. The number of Topliss-reactive ketones (excluding diaryl/α,β-unsaturated/α-hetero) is 1. The maximum absolute atomic E-state index is 13.1. The lowest BCUT2D eigenvalue weighted by molar-refractivity contribution is -0.173. The number of benzene rings is 1. The van der Waals surface area contributed by atoms with Crippen LogP contribution in [0.4, 0.5) is 0 Å². The summed E-state index contributed by atoms with van der Waals surface area (Å²) in [4.78, 5) is 51.2. The molecule has 4 atom stereocenters. The van der Waals surface area contributed by atoms with E-state index in [4.69, 9.17) is 4.74 Å².